The average molecular weight is 239 g/mol. The molecule has 0 radical (unpaired) electrons. The van der Waals surface area contributed by atoms with Crippen LogP contribution in [0.15, 0.2) is 28.7 Å². The van der Waals surface area contributed by atoms with Crippen molar-refractivity contribution in [2.75, 3.05) is 0 Å². The number of rotatable bonds is 1. The van der Waals surface area contributed by atoms with Gasteiger partial charge in [0.25, 0.3) is 0 Å². The van der Waals surface area contributed by atoms with Crippen LogP contribution in [0.4, 0.5) is 0 Å². The van der Waals surface area contributed by atoms with Crippen molar-refractivity contribution in [3.8, 4) is 11.8 Å². The van der Waals surface area contributed by atoms with Gasteiger partial charge in [-0.15, -0.1) is 0 Å². The summed E-state index contributed by atoms with van der Waals surface area (Å²) < 4.78 is 0.983. The van der Waals surface area contributed by atoms with Crippen molar-refractivity contribution in [1.82, 2.24) is 0 Å². The van der Waals surface area contributed by atoms with Gasteiger partial charge < -0.3 is 5.11 Å². The van der Waals surface area contributed by atoms with E-state index in [-0.39, 0.29) is 6.42 Å². The number of carboxylic acids is 1. The molecule has 0 bridgehead atoms. The molecular weight excluding hydrogens is 232 g/mol. The number of benzene rings is 1. The van der Waals surface area contributed by atoms with E-state index < -0.39 is 5.97 Å². The topological polar surface area (TPSA) is 37.3 Å². The number of hydrogen-bond donors (Lipinski definition) is 1. The van der Waals surface area contributed by atoms with Crippen LogP contribution in [0.3, 0.4) is 0 Å². The van der Waals surface area contributed by atoms with Crippen molar-refractivity contribution in [3.05, 3.63) is 34.3 Å². The van der Waals surface area contributed by atoms with E-state index in [4.69, 9.17) is 5.11 Å². The summed E-state index contributed by atoms with van der Waals surface area (Å²) in [5.41, 5.74) is 0.824. The third-order valence-electron chi connectivity index (χ3n) is 1.32. The van der Waals surface area contributed by atoms with Crippen LogP contribution >= 0.6 is 15.9 Å². The van der Waals surface area contributed by atoms with Gasteiger partial charge in [-0.25, -0.2) is 0 Å². The minimum atomic E-state index is -0.899. The van der Waals surface area contributed by atoms with Crippen molar-refractivity contribution in [1.29, 1.82) is 0 Å². The molecule has 0 unspecified atom stereocenters. The summed E-state index contributed by atoms with van der Waals surface area (Å²) in [4.78, 5) is 10.1. The van der Waals surface area contributed by atoms with E-state index in [9.17, 15) is 4.79 Å². The summed E-state index contributed by atoms with van der Waals surface area (Å²) in [6.07, 6.45) is -0.115. The van der Waals surface area contributed by atoms with Crippen LogP contribution < -0.4 is 0 Å². The average Bonchev–Trinajstić information content (AvgIpc) is 2.08. The Kier molecular flexibility index (Phi) is 3.53. The summed E-state index contributed by atoms with van der Waals surface area (Å²) in [7, 11) is 0. The molecule has 0 fully saturated rings. The van der Waals surface area contributed by atoms with Gasteiger partial charge in [-0.1, -0.05) is 27.8 Å². The molecule has 0 aliphatic carbocycles. The zero-order valence-corrected chi connectivity index (χ0v) is 8.34. The lowest BCUT2D eigenvalue weighted by molar-refractivity contribution is -0.135. The Hall–Kier alpha value is -1.27. The molecule has 0 spiro atoms. The van der Waals surface area contributed by atoms with Gasteiger partial charge in [0, 0.05) is 10.0 Å². The first-order chi connectivity index (χ1) is 6.18. The molecule has 0 saturated carbocycles. The molecule has 1 aromatic rings. The predicted octanol–water partition coefficient (Wildman–Crippen LogP) is 2.28. The monoisotopic (exact) mass is 238 g/mol. The second-order valence-corrected chi connectivity index (χ2v) is 3.29. The Labute approximate surface area is 84.7 Å². The van der Waals surface area contributed by atoms with Crippen LogP contribution in [-0.2, 0) is 4.79 Å². The fraction of sp³-hybridized carbons (Fsp3) is 0.100. The first-order valence-electron chi connectivity index (χ1n) is 3.65. The summed E-state index contributed by atoms with van der Waals surface area (Å²) in [5, 5.41) is 8.33. The van der Waals surface area contributed by atoms with Crippen LogP contribution in [0.2, 0.25) is 0 Å². The van der Waals surface area contributed by atoms with Gasteiger partial charge in [0.2, 0.25) is 0 Å². The molecule has 66 valence electrons. The van der Waals surface area contributed by atoms with Crippen molar-refractivity contribution in [3.63, 3.8) is 0 Å². The van der Waals surface area contributed by atoms with Gasteiger partial charge in [0.05, 0.1) is 0 Å². The van der Waals surface area contributed by atoms with Crippen molar-refractivity contribution < 1.29 is 9.90 Å². The molecule has 1 aromatic carbocycles. The number of halogens is 1. The third kappa shape index (κ3) is 3.77. The minimum Gasteiger partial charge on any atom is -0.481 e. The summed E-state index contributed by atoms with van der Waals surface area (Å²) in [6, 6.07) is 7.40. The second kappa shape index (κ2) is 4.68. The fourth-order valence-corrected chi connectivity index (χ4v) is 1.02. The molecule has 13 heavy (non-hydrogen) atoms. The lowest BCUT2D eigenvalue weighted by Gasteiger charge is -1.89. The molecule has 0 heterocycles. The molecule has 2 nitrogen and oxygen atoms in total. The Bertz CT molecular complexity index is 357. The highest BCUT2D eigenvalue weighted by atomic mass is 79.9. The normalized spacial score (nSPS) is 8.69. The van der Waals surface area contributed by atoms with Crippen molar-refractivity contribution >= 4 is 21.9 Å². The summed E-state index contributed by atoms with van der Waals surface area (Å²) >= 11 is 3.29. The summed E-state index contributed by atoms with van der Waals surface area (Å²) in [6.45, 7) is 0. The lowest BCUT2D eigenvalue weighted by Crippen LogP contribution is -1.90. The lowest BCUT2D eigenvalue weighted by atomic mass is 10.2. The van der Waals surface area contributed by atoms with E-state index >= 15 is 0 Å². The van der Waals surface area contributed by atoms with Crippen LogP contribution in [0.25, 0.3) is 0 Å². The molecule has 0 aliphatic rings. The molecule has 0 saturated heterocycles. The maximum Gasteiger partial charge on any atom is 0.315 e. The molecule has 0 amide bonds. The van der Waals surface area contributed by atoms with Crippen LogP contribution in [0, 0.1) is 11.8 Å². The highest BCUT2D eigenvalue weighted by Crippen LogP contribution is 2.09. The van der Waals surface area contributed by atoms with E-state index in [1.807, 2.05) is 24.3 Å². The maximum absolute atomic E-state index is 10.1. The Morgan fingerprint density at radius 1 is 1.38 bits per heavy atom. The summed E-state index contributed by atoms with van der Waals surface area (Å²) in [5.74, 6) is 4.41. The highest BCUT2D eigenvalue weighted by molar-refractivity contribution is 9.10. The quantitative estimate of drug-likeness (QED) is 0.763. The van der Waals surface area contributed by atoms with Crippen LogP contribution in [-0.4, -0.2) is 11.1 Å². The van der Waals surface area contributed by atoms with Crippen LogP contribution in [0.5, 0.6) is 0 Å². The van der Waals surface area contributed by atoms with Gasteiger partial charge in [-0.2, -0.15) is 0 Å². The SMILES string of the molecule is O=C(O)CC#Cc1ccc(Br)cc1. The number of carbonyl (C=O) groups is 1. The standard InChI is InChI=1S/C10H7BrO2/c11-9-6-4-8(5-7-9)2-1-3-10(12)13/h4-7H,3H2,(H,12,13). The third-order valence-corrected chi connectivity index (χ3v) is 1.85. The molecule has 1 N–H and O–H groups in total. The van der Waals surface area contributed by atoms with E-state index in [1.54, 1.807) is 0 Å². The first-order valence-corrected chi connectivity index (χ1v) is 4.44. The maximum atomic E-state index is 10.1. The Balaban J connectivity index is 2.67. The second-order valence-electron chi connectivity index (χ2n) is 2.38. The van der Waals surface area contributed by atoms with Crippen molar-refractivity contribution in [2.24, 2.45) is 0 Å². The van der Waals surface area contributed by atoms with E-state index in [0.29, 0.717) is 0 Å². The van der Waals surface area contributed by atoms with E-state index in [1.165, 1.54) is 0 Å². The van der Waals surface area contributed by atoms with Crippen LogP contribution in [0.1, 0.15) is 12.0 Å². The number of aliphatic carboxylic acids is 1. The van der Waals surface area contributed by atoms with E-state index in [0.717, 1.165) is 10.0 Å². The number of hydrogen-bond acceptors (Lipinski definition) is 1. The largest absolute Gasteiger partial charge is 0.481 e. The molecule has 3 heteroatoms. The zero-order valence-electron chi connectivity index (χ0n) is 6.75. The molecular formula is C10H7BrO2. The van der Waals surface area contributed by atoms with Gasteiger partial charge >= 0.3 is 5.97 Å². The molecule has 0 aliphatic heterocycles. The molecule has 0 atom stereocenters. The molecule has 0 aromatic heterocycles. The van der Waals surface area contributed by atoms with Crippen molar-refractivity contribution in [2.45, 2.75) is 6.42 Å². The predicted molar refractivity (Wildman–Crippen MR) is 53.3 cm³/mol. The Morgan fingerprint density at radius 2 is 2.00 bits per heavy atom. The van der Waals surface area contributed by atoms with Gasteiger partial charge in [0.15, 0.2) is 0 Å². The Morgan fingerprint density at radius 3 is 2.54 bits per heavy atom. The highest BCUT2D eigenvalue weighted by Gasteiger charge is 1.89. The number of carboxylic acid groups (broad SMARTS) is 1. The molecule has 1 rings (SSSR count). The van der Waals surface area contributed by atoms with Gasteiger partial charge in [-0.3, -0.25) is 4.79 Å². The first kappa shape index (κ1) is 9.82. The minimum absolute atomic E-state index is 0.115. The fourth-order valence-electron chi connectivity index (χ4n) is 0.755. The smallest absolute Gasteiger partial charge is 0.315 e. The van der Waals surface area contributed by atoms with Gasteiger partial charge in [-0.05, 0) is 24.3 Å². The van der Waals surface area contributed by atoms with Gasteiger partial charge in [0.1, 0.15) is 6.42 Å². The zero-order chi connectivity index (χ0) is 9.68. The van der Waals surface area contributed by atoms with E-state index in [2.05, 4.69) is 27.8 Å².